The molecule has 1 unspecified atom stereocenters. The normalized spacial score (nSPS) is 8.20. The van der Waals surface area contributed by atoms with E-state index in [1.807, 2.05) is 0 Å². The van der Waals surface area contributed by atoms with Crippen LogP contribution in [0, 0.1) is 0 Å². The van der Waals surface area contributed by atoms with E-state index in [0.717, 1.165) is 0 Å². The molecule has 0 aliphatic carbocycles. The van der Waals surface area contributed by atoms with Crippen LogP contribution in [-0.4, -0.2) is 59.1 Å². The molecule has 1 atom stereocenters. The van der Waals surface area contributed by atoms with Crippen molar-refractivity contribution in [1.82, 2.24) is 0 Å². The first-order chi connectivity index (χ1) is 6.58. The van der Waals surface area contributed by atoms with Gasteiger partial charge in [0, 0.05) is 6.42 Å². The van der Waals surface area contributed by atoms with Gasteiger partial charge in [0.25, 0.3) is 0 Å². The van der Waals surface area contributed by atoms with Gasteiger partial charge in [0.2, 0.25) is 0 Å². The van der Waals surface area contributed by atoms with Gasteiger partial charge in [-0.15, -0.1) is 9.24 Å². The van der Waals surface area contributed by atoms with Crippen LogP contribution in [-0.2, 0) is 9.59 Å². The van der Waals surface area contributed by atoms with E-state index < -0.39 is 5.97 Å². The van der Waals surface area contributed by atoms with Crippen LogP contribution in [0.5, 0.6) is 0 Å². The Morgan fingerprint density at radius 1 is 1.33 bits per heavy atom. The van der Waals surface area contributed by atoms with E-state index in [1.54, 1.807) is 0 Å². The molecular weight excluding hydrogens is 224 g/mol. The van der Waals surface area contributed by atoms with Crippen molar-refractivity contribution in [3.8, 4) is 0 Å². The summed E-state index contributed by atoms with van der Waals surface area (Å²) in [7, 11) is 2.70. The molecule has 0 fully saturated rings. The number of carboxylic acids is 1. The molecule has 86 valence electrons. The molecule has 0 saturated carbocycles. The Morgan fingerprint density at radius 2 is 1.87 bits per heavy atom. The molecule has 6 heteroatoms. The molecule has 0 amide bonds. The van der Waals surface area contributed by atoms with Crippen LogP contribution < -0.4 is 5.73 Å². The second kappa shape index (κ2) is 16.9. The summed E-state index contributed by atoms with van der Waals surface area (Å²) in [6.45, 7) is 2.14. The Hall–Kier alpha value is 0.530. The first-order valence-electron chi connectivity index (χ1n) is 4.72. The third-order valence-electron chi connectivity index (χ3n) is 1.40. The number of carbonyl (C=O) groups excluding carboxylic acids is 1. The van der Waals surface area contributed by atoms with Crippen LogP contribution in [0.4, 0.5) is 0 Å². The molecule has 0 saturated heterocycles. The summed E-state index contributed by atoms with van der Waals surface area (Å²) in [5, 5.41) is 8.06. The van der Waals surface area contributed by atoms with Crippen LogP contribution in [0.1, 0.15) is 32.6 Å². The fraction of sp³-hybridized carbons (Fsp3) is 0.778. The number of aliphatic carboxylic acids is 1. The molecule has 0 aliphatic rings. The van der Waals surface area contributed by atoms with Gasteiger partial charge in [0.1, 0.15) is 5.78 Å². The molecule has 0 spiro atoms. The molecule has 0 aromatic heterocycles. The minimum atomic E-state index is -0.961. The number of hydrogen-bond acceptors (Lipinski definition) is 3. The molecule has 0 aromatic carbocycles. The van der Waals surface area contributed by atoms with E-state index in [0.29, 0.717) is 0 Å². The van der Waals surface area contributed by atoms with Gasteiger partial charge in [0.15, 0.2) is 0 Å². The minimum absolute atomic E-state index is 0. The molecular formula is C9H21NNaO3P. The van der Waals surface area contributed by atoms with Crippen molar-refractivity contribution in [3.05, 3.63) is 0 Å². The van der Waals surface area contributed by atoms with E-state index in [4.69, 9.17) is 10.8 Å². The fourth-order valence-corrected chi connectivity index (χ4v) is 0.961. The molecule has 0 rings (SSSR count). The summed E-state index contributed by atoms with van der Waals surface area (Å²) in [6, 6.07) is 0. The summed E-state index contributed by atoms with van der Waals surface area (Å²) in [5.74, 6) is -1.17. The third-order valence-corrected chi connectivity index (χ3v) is 1.81. The van der Waals surface area contributed by atoms with Crippen molar-refractivity contribution >= 4 is 50.5 Å². The number of nitrogens with two attached hydrogens (primary N) is 1. The monoisotopic (exact) mass is 245 g/mol. The number of Topliss-reactive ketones (excluding diaryl/α,β-unsaturated/α-hetero) is 1. The van der Waals surface area contributed by atoms with E-state index in [1.165, 1.54) is 19.0 Å². The van der Waals surface area contributed by atoms with Crippen molar-refractivity contribution in [2.24, 2.45) is 5.73 Å². The average Bonchev–Trinajstić information content (AvgIpc) is 2.16. The number of carboxylic acid groups (broad SMARTS) is 1. The topological polar surface area (TPSA) is 80.4 Å². The zero-order valence-corrected chi connectivity index (χ0v) is 9.82. The van der Waals surface area contributed by atoms with Gasteiger partial charge < -0.3 is 10.8 Å². The predicted octanol–water partition coefficient (Wildman–Crippen LogP) is 0.392. The SMILES string of the molecule is CCCCP.NCC(=O)CCC(=O)O.[NaH]. The molecule has 15 heavy (non-hydrogen) atoms. The Bertz CT molecular complexity index is 165. The summed E-state index contributed by atoms with van der Waals surface area (Å²) < 4.78 is 0. The molecule has 4 nitrogen and oxygen atoms in total. The quantitative estimate of drug-likeness (QED) is 0.524. The summed E-state index contributed by atoms with van der Waals surface area (Å²) in [5.41, 5.74) is 4.92. The van der Waals surface area contributed by atoms with Crippen molar-refractivity contribution in [3.63, 3.8) is 0 Å². The zero-order valence-electron chi connectivity index (χ0n) is 8.66. The van der Waals surface area contributed by atoms with Crippen LogP contribution in [0.2, 0.25) is 0 Å². The van der Waals surface area contributed by atoms with Gasteiger partial charge in [-0.25, -0.2) is 0 Å². The van der Waals surface area contributed by atoms with Crippen molar-refractivity contribution in [1.29, 1.82) is 0 Å². The maximum atomic E-state index is 10.3. The maximum absolute atomic E-state index is 10.3. The Balaban J connectivity index is -0.000000208. The van der Waals surface area contributed by atoms with Crippen LogP contribution in [0.3, 0.4) is 0 Å². The number of rotatable bonds is 6. The van der Waals surface area contributed by atoms with Crippen molar-refractivity contribution in [2.75, 3.05) is 12.7 Å². The van der Waals surface area contributed by atoms with E-state index in [2.05, 4.69) is 16.2 Å². The van der Waals surface area contributed by atoms with Gasteiger partial charge in [-0.2, -0.15) is 0 Å². The standard InChI is InChI=1S/C5H9NO3.C4H11P.Na.H/c6-3-4(7)1-2-5(8)9;1-2-3-4-5;;/h1-3,6H2,(H,8,9);2-5H2,1H3;;. The van der Waals surface area contributed by atoms with Gasteiger partial charge >= 0.3 is 35.5 Å². The van der Waals surface area contributed by atoms with Gasteiger partial charge in [-0.1, -0.05) is 19.8 Å². The Kier molecular flexibility index (Phi) is 23.6. The van der Waals surface area contributed by atoms with E-state index in [9.17, 15) is 9.59 Å². The molecule has 3 N–H and O–H groups in total. The number of ketones is 1. The van der Waals surface area contributed by atoms with E-state index in [-0.39, 0.29) is 54.7 Å². The van der Waals surface area contributed by atoms with Gasteiger partial charge in [-0.3, -0.25) is 9.59 Å². The number of unbranched alkanes of at least 4 members (excludes halogenated alkanes) is 1. The molecule has 0 radical (unpaired) electrons. The Morgan fingerprint density at radius 3 is 2.07 bits per heavy atom. The molecule has 0 heterocycles. The first kappa shape index (κ1) is 20.9. The molecule has 0 aliphatic heterocycles. The number of carbonyl (C=O) groups is 2. The predicted molar refractivity (Wildman–Crippen MR) is 67.6 cm³/mol. The van der Waals surface area contributed by atoms with Crippen molar-refractivity contribution < 1.29 is 14.7 Å². The van der Waals surface area contributed by atoms with Crippen LogP contribution in [0.25, 0.3) is 0 Å². The fourth-order valence-electron chi connectivity index (χ4n) is 0.553. The second-order valence-electron chi connectivity index (χ2n) is 2.78. The van der Waals surface area contributed by atoms with E-state index >= 15 is 0 Å². The second-order valence-corrected chi connectivity index (χ2v) is 3.36. The molecule has 0 bridgehead atoms. The summed E-state index contributed by atoms with van der Waals surface area (Å²) >= 11 is 0. The third kappa shape index (κ3) is 25.1. The summed E-state index contributed by atoms with van der Waals surface area (Å²) in [4.78, 5) is 20.2. The first-order valence-corrected chi connectivity index (χ1v) is 5.53. The molecule has 0 aromatic rings. The summed E-state index contributed by atoms with van der Waals surface area (Å²) in [6.07, 6.45) is 3.87. The van der Waals surface area contributed by atoms with Crippen molar-refractivity contribution in [2.45, 2.75) is 32.6 Å². The van der Waals surface area contributed by atoms with Crippen LogP contribution >= 0.6 is 9.24 Å². The Labute approximate surface area is 116 Å². The van der Waals surface area contributed by atoms with Crippen LogP contribution in [0.15, 0.2) is 0 Å². The zero-order chi connectivity index (χ0) is 11.4. The average molecular weight is 245 g/mol. The van der Waals surface area contributed by atoms with Gasteiger partial charge in [0.05, 0.1) is 13.0 Å². The number of hydrogen-bond donors (Lipinski definition) is 2. The van der Waals surface area contributed by atoms with Gasteiger partial charge in [-0.05, 0) is 6.16 Å².